The summed E-state index contributed by atoms with van der Waals surface area (Å²) < 4.78 is 37.7. The number of fused-ring (bicyclic) bond motifs is 4. The molecule has 0 amide bonds. The van der Waals surface area contributed by atoms with Crippen LogP contribution in [0, 0.1) is 0 Å². The molecule has 3 aromatic heterocycles. The molecule has 2 saturated heterocycles. The number of alkyl halides is 2. The Balaban J connectivity index is 1.61. The van der Waals surface area contributed by atoms with Gasteiger partial charge < -0.3 is 14.2 Å². The van der Waals surface area contributed by atoms with Crippen molar-refractivity contribution in [1.29, 1.82) is 0 Å². The fraction of sp³-hybridized carbons (Fsp3) is 0.478. The summed E-state index contributed by atoms with van der Waals surface area (Å²) in [5.74, 6) is 0.503. The van der Waals surface area contributed by atoms with E-state index in [1.165, 1.54) is 4.57 Å². The van der Waals surface area contributed by atoms with Crippen molar-refractivity contribution in [3.63, 3.8) is 0 Å². The minimum atomic E-state index is -2.76. The van der Waals surface area contributed by atoms with E-state index in [9.17, 15) is 8.78 Å². The lowest BCUT2D eigenvalue weighted by atomic mass is 10.2. The monoisotopic (exact) mass is 453 g/mol. The van der Waals surface area contributed by atoms with Gasteiger partial charge in [-0.2, -0.15) is 9.97 Å². The first kappa shape index (κ1) is 20.5. The van der Waals surface area contributed by atoms with Gasteiger partial charge in [-0.3, -0.25) is 4.57 Å². The number of para-hydroxylation sites is 2. The molecule has 0 N–H and O–H groups in total. The molecule has 2 aliphatic rings. The van der Waals surface area contributed by atoms with Crippen molar-refractivity contribution in [2.75, 3.05) is 18.0 Å². The Hall–Kier alpha value is -3.14. The molecule has 0 saturated carbocycles. The van der Waals surface area contributed by atoms with Gasteiger partial charge in [-0.25, -0.2) is 18.7 Å². The van der Waals surface area contributed by atoms with Gasteiger partial charge in [-0.1, -0.05) is 19.1 Å². The van der Waals surface area contributed by atoms with Crippen molar-refractivity contribution in [2.24, 2.45) is 0 Å². The molecule has 4 aromatic rings. The highest BCUT2D eigenvalue weighted by Crippen LogP contribution is 2.34. The maximum atomic E-state index is 14.1. The smallest absolute Gasteiger partial charge is 0.296 e. The number of anilines is 1. The van der Waals surface area contributed by atoms with E-state index in [-0.39, 0.29) is 24.1 Å². The highest BCUT2D eigenvalue weighted by Gasteiger charge is 2.35. The molecular formula is C23H25F2N7O. The maximum absolute atomic E-state index is 14.1. The maximum Gasteiger partial charge on any atom is 0.296 e. The molecule has 6 rings (SSSR count). The number of nitrogens with zero attached hydrogens (tertiary/aromatic N) is 7. The molecule has 10 heteroatoms. The summed E-state index contributed by atoms with van der Waals surface area (Å²) in [7, 11) is 0. The average molecular weight is 453 g/mol. The molecule has 0 aliphatic carbocycles. The molecule has 1 aromatic carbocycles. The highest BCUT2D eigenvalue weighted by molar-refractivity contribution is 5.85. The Labute approximate surface area is 189 Å². The number of hydrogen-bond donors (Lipinski definition) is 0. The molecular weight excluding hydrogens is 428 g/mol. The van der Waals surface area contributed by atoms with Crippen molar-refractivity contribution < 1.29 is 13.5 Å². The SMILES string of the molecule is CCC(C)n1cnc2c(-n3c(C(F)F)nc4ccccc43)nc(N3CC4CCC(C3)O4)nc21. The summed E-state index contributed by atoms with van der Waals surface area (Å²) in [6, 6.07) is 7.26. The van der Waals surface area contributed by atoms with Crippen LogP contribution in [0.15, 0.2) is 30.6 Å². The number of benzene rings is 1. The lowest BCUT2D eigenvalue weighted by Gasteiger charge is -2.32. The lowest BCUT2D eigenvalue weighted by molar-refractivity contribution is 0.0299. The van der Waals surface area contributed by atoms with Gasteiger partial charge in [0.15, 0.2) is 22.8 Å². The zero-order valence-electron chi connectivity index (χ0n) is 18.5. The molecule has 172 valence electrons. The van der Waals surface area contributed by atoms with E-state index in [2.05, 4.69) is 28.7 Å². The zero-order valence-corrected chi connectivity index (χ0v) is 18.5. The highest BCUT2D eigenvalue weighted by atomic mass is 19.3. The number of imidazole rings is 2. The van der Waals surface area contributed by atoms with E-state index < -0.39 is 6.43 Å². The van der Waals surface area contributed by atoms with Crippen LogP contribution in [0.1, 0.15) is 51.4 Å². The first-order chi connectivity index (χ1) is 16.0. The molecule has 3 unspecified atom stereocenters. The minimum Gasteiger partial charge on any atom is -0.371 e. The number of rotatable bonds is 5. The van der Waals surface area contributed by atoms with Gasteiger partial charge in [-0.15, -0.1) is 0 Å². The third-order valence-electron chi connectivity index (χ3n) is 6.78. The van der Waals surface area contributed by atoms with Crippen LogP contribution in [0.4, 0.5) is 14.7 Å². The second-order valence-electron chi connectivity index (χ2n) is 8.89. The minimum absolute atomic E-state index is 0.150. The second kappa shape index (κ2) is 7.72. The molecule has 2 fully saturated rings. The number of hydrogen-bond acceptors (Lipinski definition) is 6. The van der Waals surface area contributed by atoms with Crippen molar-refractivity contribution in [2.45, 2.75) is 57.8 Å². The van der Waals surface area contributed by atoms with E-state index >= 15 is 0 Å². The lowest BCUT2D eigenvalue weighted by Crippen LogP contribution is -2.43. The van der Waals surface area contributed by atoms with Crippen molar-refractivity contribution in [1.82, 2.24) is 29.1 Å². The number of ether oxygens (including phenoxy) is 1. The molecule has 2 aliphatic heterocycles. The van der Waals surface area contributed by atoms with Crippen LogP contribution in [-0.4, -0.2) is 54.4 Å². The number of aromatic nitrogens is 6. The molecule has 3 atom stereocenters. The van der Waals surface area contributed by atoms with Crippen molar-refractivity contribution in [3.8, 4) is 5.82 Å². The zero-order chi connectivity index (χ0) is 22.7. The van der Waals surface area contributed by atoms with E-state index in [0.29, 0.717) is 47.1 Å². The quantitative estimate of drug-likeness (QED) is 0.445. The summed E-state index contributed by atoms with van der Waals surface area (Å²) in [6.07, 6.45) is 2.18. The first-order valence-corrected chi connectivity index (χ1v) is 11.4. The normalized spacial score (nSPS) is 21.5. The molecule has 0 radical (unpaired) electrons. The second-order valence-corrected chi connectivity index (χ2v) is 8.89. The topological polar surface area (TPSA) is 73.9 Å². The van der Waals surface area contributed by atoms with Gasteiger partial charge >= 0.3 is 0 Å². The van der Waals surface area contributed by atoms with E-state index in [0.717, 1.165) is 19.3 Å². The van der Waals surface area contributed by atoms with Gasteiger partial charge in [0.2, 0.25) is 5.95 Å². The van der Waals surface area contributed by atoms with Crippen LogP contribution >= 0.6 is 0 Å². The van der Waals surface area contributed by atoms with Gasteiger partial charge in [-0.05, 0) is 38.3 Å². The summed E-state index contributed by atoms with van der Waals surface area (Å²) in [6.45, 7) is 5.56. The Bertz CT molecular complexity index is 1320. The molecule has 33 heavy (non-hydrogen) atoms. The predicted molar refractivity (Wildman–Crippen MR) is 120 cm³/mol. The fourth-order valence-electron chi connectivity index (χ4n) is 4.90. The predicted octanol–water partition coefficient (Wildman–Crippen LogP) is 4.44. The van der Waals surface area contributed by atoms with E-state index in [4.69, 9.17) is 14.7 Å². The molecule has 8 nitrogen and oxygen atoms in total. The van der Waals surface area contributed by atoms with Gasteiger partial charge in [0, 0.05) is 19.1 Å². The van der Waals surface area contributed by atoms with Crippen LogP contribution in [0.25, 0.3) is 28.0 Å². The molecule has 5 heterocycles. The largest absolute Gasteiger partial charge is 0.371 e. The Morgan fingerprint density at radius 2 is 1.85 bits per heavy atom. The standard InChI is InChI=1S/C23H25F2N7O/c1-3-13(2)31-12-26-18-20(31)28-23(30-10-14-8-9-15(11-30)33-14)29-21(18)32-17-7-5-4-6-16(17)27-22(32)19(24)25/h4-7,12-15,19H,3,8-11H2,1-2H3. The van der Waals surface area contributed by atoms with Crippen LogP contribution in [-0.2, 0) is 4.74 Å². The summed E-state index contributed by atoms with van der Waals surface area (Å²) in [5.41, 5.74) is 2.19. The summed E-state index contributed by atoms with van der Waals surface area (Å²) in [5, 5.41) is 0. The third-order valence-corrected chi connectivity index (χ3v) is 6.78. The van der Waals surface area contributed by atoms with Crippen LogP contribution in [0.5, 0.6) is 0 Å². The van der Waals surface area contributed by atoms with Crippen molar-refractivity contribution >= 4 is 28.1 Å². The molecule has 2 bridgehead atoms. The van der Waals surface area contributed by atoms with Crippen LogP contribution in [0.2, 0.25) is 0 Å². The van der Waals surface area contributed by atoms with Crippen LogP contribution in [0.3, 0.4) is 0 Å². The van der Waals surface area contributed by atoms with Crippen LogP contribution < -0.4 is 4.90 Å². The van der Waals surface area contributed by atoms with E-state index in [1.54, 1.807) is 24.5 Å². The van der Waals surface area contributed by atoms with Crippen molar-refractivity contribution in [3.05, 3.63) is 36.4 Å². The number of morpholine rings is 1. The Morgan fingerprint density at radius 3 is 2.58 bits per heavy atom. The molecule has 0 spiro atoms. The summed E-state index contributed by atoms with van der Waals surface area (Å²) >= 11 is 0. The third kappa shape index (κ3) is 3.26. The average Bonchev–Trinajstić information content (AvgIpc) is 3.52. The van der Waals surface area contributed by atoms with Gasteiger partial charge in [0.05, 0.1) is 29.6 Å². The summed E-state index contributed by atoms with van der Waals surface area (Å²) in [4.78, 5) is 20.6. The Kier molecular flexibility index (Phi) is 4.79. The first-order valence-electron chi connectivity index (χ1n) is 11.4. The fourth-order valence-corrected chi connectivity index (χ4v) is 4.90. The Morgan fingerprint density at radius 1 is 1.09 bits per heavy atom. The van der Waals surface area contributed by atoms with E-state index in [1.807, 2.05) is 10.6 Å². The van der Waals surface area contributed by atoms with Gasteiger partial charge in [0.1, 0.15) is 0 Å². The number of halogens is 2. The van der Waals surface area contributed by atoms with Gasteiger partial charge in [0.25, 0.3) is 6.43 Å².